The largest absolute Gasteiger partial charge is 0.490 e. The zero-order valence-electron chi connectivity index (χ0n) is 12.3. The molecule has 0 saturated heterocycles. The average molecular weight is 286 g/mol. The molecule has 1 amide bonds. The van der Waals surface area contributed by atoms with Gasteiger partial charge in [0.05, 0.1) is 18.8 Å². The molecule has 4 heteroatoms. The highest BCUT2D eigenvalue weighted by Gasteiger charge is 2.42. The number of fused-ring (bicyclic) bond motifs is 1. The number of hydrogen-bond donors (Lipinski definition) is 1. The molecule has 0 unspecified atom stereocenters. The van der Waals surface area contributed by atoms with Gasteiger partial charge in [-0.2, -0.15) is 0 Å². The van der Waals surface area contributed by atoms with Gasteiger partial charge < -0.3 is 15.0 Å². The number of ether oxygens (including phenoxy) is 1. The number of anilines is 1. The minimum Gasteiger partial charge on any atom is -0.490 e. The summed E-state index contributed by atoms with van der Waals surface area (Å²) in [6.07, 6.45) is 5.17. The number of hydrogen-bond acceptors (Lipinski definition) is 3. The van der Waals surface area contributed by atoms with Crippen LogP contribution in [0, 0.1) is 11.8 Å². The molecular formula is C17H22N2O2. The van der Waals surface area contributed by atoms with Crippen molar-refractivity contribution in [2.24, 2.45) is 11.8 Å². The summed E-state index contributed by atoms with van der Waals surface area (Å²) in [4.78, 5) is 14.5. The molecule has 1 aromatic carbocycles. The highest BCUT2D eigenvalue weighted by atomic mass is 16.5. The molecule has 4 rings (SSSR count). The molecule has 2 fully saturated rings. The molecule has 21 heavy (non-hydrogen) atoms. The Morgan fingerprint density at radius 3 is 2.67 bits per heavy atom. The van der Waals surface area contributed by atoms with Gasteiger partial charge in [0.25, 0.3) is 0 Å². The number of rotatable bonds is 5. The lowest BCUT2D eigenvalue weighted by atomic mass is 10.1. The Kier molecular flexibility index (Phi) is 3.24. The van der Waals surface area contributed by atoms with Crippen LogP contribution >= 0.6 is 0 Å². The quantitative estimate of drug-likeness (QED) is 0.902. The zero-order chi connectivity index (χ0) is 14.2. The van der Waals surface area contributed by atoms with Crippen LogP contribution in [0.3, 0.4) is 0 Å². The summed E-state index contributed by atoms with van der Waals surface area (Å²) in [5, 5.41) is 3.30. The van der Waals surface area contributed by atoms with Gasteiger partial charge >= 0.3 is 0 Å². The Hall–Kier alpha value is -1.71. The van der Waals surface area contributed by atoms with Gasteiger partial charge in [0, 0.05) is 6.04 Å². The molecule has 1 aliphatic heterocycles. The van der Waals surface area contributed by atoms with E-state index in [1.807, 2.05) is 24.3 Å². The van der Waals surface area contributed by atoms with Gasteiger partial charge in [-0.15, -0.1) is 0 Å². The monoisotopic (exact) mass is 286 g/mol. The Bertz CT molecular complexity index is 525. The molecule has 3 aliphatic rings. The van der Waals surface area contributed by atoms with Crippen LogP contribution in [0.25, 0.3) is 0 Å². The second-order valence-electron chi connectivity index (χ2n) is 6.51. The van der Waals surface area contributed by atoms with E-state index in [-0.39, 0.29) is 5.91 Å². The predicted octanol–water partition coefficient (Wildman–Crippen LogP) is 2.19. The van der Waals surface area contributed by atoms with Crippen molar-refractivity contribution >= 4 is 11.6 Å². The molecule has 1 aromatic rings. The van der Waals surface area contributed by atoms with Crippen molar-refractivity contribution in [3.8, 4) is 5.75 Å². The molecule has 2 aliphatic carbocycles. The lowest BCUT2D eigenvalue weighted by molar-refractivity contribution is -0.120. The van der Waals surface area contributed by atoms with Crippen LogP contribution < -0.4 is 15.0 Å². The van der Waals surface area contributed by atoms with E-state index in [1.165, 1.54) is 25.7 Å². The maximum Gasteiger partial charge on any atom is 0.239 e. The first-order chi connectivity index (χ1) is 10.3. The van der Waals surface area contributed by atoms with E-state index in [0.29, 0.717) is 19.2 Å². The van der Waals surface area contributed by atoms with Gasteiger partial charge in [0.15, 0.2) is 0 Å². The number of carbonyl (C=O) groups excluding carboxylic acids is 1. The number of nitrogens with one attached hydrogen (secondary N) is 1. The third kappa shape index (κ3) is 2.85. The molecular weight excluding hydrogens is 264 g/mol. The number of carbonyl (C=O) groups is 1. The van der Waals surface area contributed by atoms with Crippen LogP contribution in [-0.2, 0) is 4.79 Å². The summed E-state index contributed by atoms with van der Waals surface area (Å²) in [5.41, 5.74) is 1.04. The van der Waals surface area contributed by atoms with Gasteiger partial charge in [-0.3, -0.25) is 4.79 Å². The molecule has 0 atom stereocenters. The molecule has 0 aromatic heterocycles. The lowest BCUT2D eigenvalue weighted by Gasteiger charge is -2.31. The summed E-state index contributed by atoms with van der Waals surface area (Å²) in [6, 6.07) is 8.40. The zero-order valence-corrected chi connectivity index (χ0v) is 12.3. The first-order valence-corrected chi connectivity index (χ1v) is 8.07. The van der Waals surface area contributed by atoms with Crippen molar-refractivity contribution in [3.05, 3.63) is 24.3 Å². The van der Waals surface area contributed by atoms with Crippen molar-refractivity contribution in [2.45, 2.75) is 31.7 Å². The van der Waals surface area contributed by atoms with Crippen LogP contribution in [0.4, 0.5) is 5.69 Å². The van der Waals surface area contributed by atoms with E-state index in [1.54, 1.807) is 0 Å². The molecule has 112 valence electrons. The van der Waals surface area contributed by atoms with E-state index >= 15 is 0 Å². The van der Waals surface area contributed by atoms with Crippen molar-refractivity contribution in [1.82, 2.24) is 5.32 Å². The third-order valence-corrected chi connectivity index (χ3v) is 4.75. The number of benzene rings is 1. The Morgan fingerprint density at radius 2 is 1.95 bits per heavy atom. The Balaban J connectivity index is 1.40. The molecule has 1 N–H and O–H groups in total. The van der Waals surface area contributed by atoms with Crippen LogP contribution in [0.2, 0.25) is 0 Å². The smallest absolute Gasteiger partial charge is 0.239 e. The molecule has 0 radical (unpaired) electrons. The maximum atomic E-state index is 12.4. The normalized spacial score (nSPS) is 20.9. The second kappa shape index (κ2) is 5.24. The van der Waals surface area contributed by atoms with E-state index in [2.05, 4.69) is 10.2 Å². The number of amides is 1. The Labute approximate surface area is 125 Å². The van der Waals surface area contributed by atoms with Gasteiger partial charge in [-0.05, 0) is 49.7 Å². The molecule has 0 bridgehead atoms. The lowest BCUT2D eigenvalue weighted by Crippen LogP contribution is -2.46. The summed E-state index contributed by atoms with van der Waals surface area (Å²) in [5.74, 6) is 2.55. The maximum absolute atomic E-state index is 12.4. The van der Waals surface area contributed by atoms with Gasteiger partial charge in [0.1, 0.15) is 12.4 Å². The summed E-state index contributed by atoms with van der Waals surface area (Å²) in [7, 11) is 0. The predicted molar refractivity (Wildman–Crippen MR) is 81.5 cm³/mol. The van der Waals surface area contributed by atoms with Gasteiger partial charge in [-0.25, -0.2) is 0 Å². The van der Waals surface area contributed by atoms with Gasteiger partial charge in [-0.1, -0.05) is 12.1 Å². The van der Waals surface area contributed by atoms with Crippen LogP contribution in [0.1, 0.15) is 25.7 Å². The van der Waals surface area contributed by atoms with E-state index in [0.717, 1.165) is 29.8 Å². The van der Waals surface area contributed by atoms with E-state index in [4.69, 9.17) is 4.74 Å². The minimum atomic E-state index is 0.163. The SMILES string of the molecule is O=C(CN1CCOc2ccccc21)NC(C1CC1)C1CC1. The number of para-hydroxylation sites is 2. The average Bonchev–Trinajstić information content (AvgIpc) is 3.39. The Morgan fingerprint density at radius 1 is 1.24 bits per heavy atom. The van der Waals surface area contributed by atoms with Crippen LogP contribution in [0.5, 0.6) is 5.75 Å². The van der Waals surface area contributed by atoms with Crippen molar-refractivity contribution in [2.75, 3.05) is 24.6 Å². The van der Waals surface area contributed by atoms with Crippen molar-refractivity contribution < 1.29 is 9.53 Å². The van der Waals surface area contributed by atoms with E-state index in [9.17, 15) is 4.79 Å². The highest BCUT2D eigenvalue weighted by Crippen LogP contribution is 2.44. The summed E-state index contributed by atoms with van der Waals surface area (Å²) in [6.45, 7) is 1.87. The highest BCUT2D eigenvalue weighted by molar-refractivity contribution is 5.82. The summed E-state index contributed by atoms with van der Waals surface area (Å²) >= 11 is 0. The van der Waals surface area contributed by atoms with Crippen LogP contribution in [-0.4, -0.2) is 31.6 Å². The standard InChI is InChI=1S/C17H22N2O2/c20-16(18-17(12-5-6-12)13-7-8-13)11-19-9-10-21-15-4-2-1-3-14(15)19/h1-4,12-13,17H,5-11H2,(H,18,20). The van der Waals surface area contributed by atoms with E-state index < -0.39 is 0 Å². The molecule has 2 saturated carbocycles. The van der Waals surface area contributed by atoms with Crippen molar-refractivity contribution in [3.63, 3.8) is 0 Å². The van der Waals surface area contributed by atoms with Crippen molar-refractivity contribution in [1.29, 1.82) is 0 Å². The van der Waals surface area contributed by atoms with Gasteiger partial charge in [0.2, 0.25) is 5.91 Å². The third-order valence-electron chi connectivity index (χ3n) is 4.75. The molecule has 4 nitrogen and oxygen atoms in total. The fourth-order valence-electron chi connectivity index (χ4n) is 3.33. The first kappa shape index (κ1) is 13.0. The molecule has 0 spiro atoms. The number of nitrogens with zero attached hydrogens (tertiary/aromatic N) is 1. The fraction of sp³-hybridized carbons (Fsp3) is 0.588. The topological polar surface area (TPSA) is 41.6 Å². The first-order valence-electron chi connectivity index (χ1n) is 8.07. The van der Waals surface area contributed by atoms with Crippen LogP contribution in [0.15, 0.2) is 24.3 Å². The molecule has 1 heterocycles. The fourth-order valence-corrected chi connectivity index (χ4v) is 3.33. The minimum absolute atomic E-state index is 0.163. The summed E-state index contributed by atoms with van der Waals surface area (Å²) < 4.78 is 5.64. The second-order valence-corrected chi connectivity index (χ2v) is 6.51.